The Morgan fingerprint density at radius 3 is 2.63 bits per heavy atom. The van der Waals surface area contributed by atoms with Gasteiger partial charge in [-0.05, 0) is 32.4 Å². The predicted molar refractivity (Wildman–Crippen MR) is 78.3 cm³/mol. The Morgan fingerprint density at radius 2 is 2.00 bits per heavy atom. The van der Waals surface area contributed by atoms with Crippen LogP contribution in [0.25, 0.3) is 0 Å². The van der Waals surface area contributed by atoms with Crippen molar-refractivity contribution in [3.05, 3.63) is 35.4 Å². The van der Waals surface area contributed by atoms with Gasteiger partial charge in [-0.3, -0.25) is 4.79 Å². The van der Waals surface area contributed by atoms with Crippen molar-refractivity contribution in [2.45, 2.75) is 38.0 Å². The molecule has 1 aromatic carbocycles. The fraction of sp³-hybridized carbons (Fsp3) is 0.562. The minimum Gasteiger partial charge on any atom is -0.354 e. The van der Waals surface area contributed by atoms with Crippen molar-refractivity contribution < 1.29 is 4.79 Å². The number of aryl methyl sites for hydroxylation is 1. The second-order valence-corrected chi connectivity index (χ2v) is 5.52. The van der Waals surface area contributed by atoms with Crippen molar-refractivity contribution in [3.63, 3.8) is 0 Å². The quantitative estimate of drug-likeness (QED) is 0.796. The maximum absolute atomic E-state index is 12.6. The van der Waals surface area contributed by atoms with Crippen LogP contribution in [-0.2, 0) is 10.2 Å². The zero-order valence-electron chi connectivity index (χ0n) is 12.0. The molecular weight excluding hydrogens is 236 g/mol. The molecule has 0 heterocycles. The van der Waals surface area contributed by atoms with E-state index in [9.17, 15) is 4.79 Å². The molecule has 1 aliphatic rings. The molecule has 3 nitrogen and oxygen atoms in total. The molecule has 2 rings (SSSR count). The lowest BCUT2D eigenvalue weighted by Crippen LogP contribution is -2.44. The van der Waals surface area contributed by atoms with Crippen LogP contribution in [0, 0.1) is 6.92 Å². The highest BCUT2D eigenvalue weighted by molar-refractivity contribution is 5.88. The molecule has 0 spiro atoms. The first-order valence-corrected chi connectivity index (χ1v) is 7.19. The molecular formula is C16H24N2O. The highest BCUT2D eigenvalue weighted by Gasteiger charge is 2.42. The lowest BCUT2D eigenvalue weighted by atomic mass is 9.77. The Labute approximate surface area is 115 Å². The lowest BCUT2D eigenvalue weighted by molar-refractivity contribution is -0.126. The number of benzene rings is 1. The molecule has 0 aliphatic heterocycles. The van der Waals surface area contributed by atoms with E-state index in [0.29, 0.717) is 6.54 Å². The van der Waals surface area contributed by atoms with Gasteiger partial charge in [0.1, 0.15) is 0 Å². The van der Waals surface area contributed by atoms with E-state index in [1.54, 1.807) is 0 Å². The summed E-state index contributed by atoms with van der Waals surface area (Å²) >= 11 is 0. The smallest absolute Gasteiger partial charge is 0.230 e. The first-order valence-electron chi connectivity index (χ1n) is 7.19. The summed E-state index contributed by atoms with van der Waals surface area (Å²) in [6.45, 7) is 3.60. The van der Waals surface area contributed by atoms with Crippen LogP contribution in [0.4, 0.5) is 0 Å². The Kier molecular flexibility index (Phi) is 4.59. The van der Waals surface area contributed by atoms with Gasteiger partial charge in [-0.2, -0.15) is 0 Å². The van der Waals surface area contributed by atoms with E-state index in [-0.39, 0.29) is 11.3 Å². The van der Waals surface area contributed by atoms with Crippen molar-refractivity contribution in [2.75, 3.05) is 20.1 Å². The average molecular weight is 260 g/mol. The first-order chi connectivity index (χ1) is 9.19. The Morgan fingerprint density at radius 1 is 1.26 bits per heavy atom. The molecule has 0 bridgehead atoms. The monoisotopic (exact) mass is 260 g/mol. The highest BCUT2D eigenvalue weighted by Crippen LogP contribution is 2.41. The standard InChI is InChI=1S/C16H24N2O/c1-13-6-5-7-14(12-13)16(8-3-4-9-16)15(19)18-11-10-17-2/h5-7,12,17H,3-4,8-11H2,1-2H3,(H,18,19). The molecule has 1 aromatic rings. The van der Waals surface area contributed by atoms with Crippen LogP contribution in [-0.4, -0.2) is 26.0 Å². The number of amides is 1. The largest absolute Gasteiger partial charge is 0.354 e. The molecule has 1 amide bonds. The third-order valence-electron chi connectivity index (χ3n) is 4.12. The van der Waals surface area contributed by atoms with E-state index in [4.69, 9.17) is 0 Å². The fourth-order valence-corrected chi connectivity index (χ4v) is 3.04. The minimum atomic E-state index is -0.292. The number of carbonyl (C=O) groups is 1. The van der Waals surface area contributed by atoms with Gasteiger partial charge in [-0.1, -0.05) is 42.7 Å². The van der Waals surface area contributed by atoms with E-state index in [0.717, 1.165) is 32.2 Å². The highest BCUT2D eigenvalue weighted by atomic mass is 16.2. The number of nitrogens with one attached hydrogen (secondary N) is 2. The zero-order valence-corrected chi connectivity index (χ0v) is 12.0. The molecule has 1 fully saturated rings. The van der Waals surface area contributed by atoms with Crippen LogP contribution < -0.4 is 10.6 Å². The topological polar surface area (TPSA) is 41.1 Å². The Balaban J connectivity index is 2.20. The van der Waals surface area contributed by atoms with E-state index < -0.39 is 0 Å². The van der Waals surface area contributed by atoms with Crippen LogP contribution in [0.1, 0.15) is 36.8 Å². The molecule has 0 atom stereocenters. The third-order valence-corrected chi connectivity index (χ3v) is 4.12. The summed E-state index contributed by atoms with van der Waals surface area (Å²) in [6, 6.07) is 8.43. The number of likely N-dealkylation sites (N-methyl/N-ethyl adjacent to an activating group) is 1. The van der Waals surface area contributed by atoms with Gasteiger partial charge in [-0.25, -0.2) is 0 Å². The second kappa shape index (κ2) is 6.20. The van der Waals surface area contributed by atoms with Gasteiger partial charge in [0.05, 0.1) is 5.41 Å². The molecule has 0 radical (unpaired) electrons. The summed E-state index contributed by atoms with van der Waals surface area (Å²) in [5, 5.41) is 6.14. The molecule has 1 aliphatic carbocycles. The summed E-state index contributed by atoms with van der Waals surface area (Å²) in [7, 11) is 1.90. The van der Waals surface area contributed by atoms with Gasteiger partial charge in [-0.15, -0.1) is 0 Å². The minimum absolute atomic E-state index is 0.200. The van der Waals surface area contributed by atoms with Crippen molar-refractivity contribution in [2.24, 2.45) is 0 Å². The number of hydrogen-bond acceptors (Lipinski definition) is 2. The van der Waals surface area contributed by atoms with Crippen LogP contribution in [0.15, 0.2) is 24.3 Å². The summed E-state index contributed by atoms with van der Waals surface area (Å²) < 4.78 is 0. The summed E-state index contributed by atoms with van der Waals surface area (Å²) in [5.74, 6) is 0.200. The van der Waals surface area contributed by atoms with Crippen molar-refractivity contribution >= 4 is 5.91 Å². The molecule has 104 valence electrons. The van der Waals surface area contributed by atoms with Gasteiger partial charge in [0.25, 0.3) is 0 Å². The van der Waals surface area contributed by atoms with E-state index >= 15 is 0 Å². The van der Waals surface area contributed by atoms with Crippen molar-refractivity contribution in [1.82, 2.24) is 10.6 Å². The normalized spacial score (nSPS) is 17.4. The van der Waals surface area contributed by atoms with Gasteiger partial charge in [0.15, 0.2) is 0 Å². The van der Waals surface area contributed by atoms with Crippen LogP contribution in [0.5, 0.6) is 0 Å². The Bertz CT molecular complexity index is 436. The number of hydrogen-bond donors (Lipinski definition) is 2. The SMILES string of the molecule is CNCCNC(=O)C1(c2cccc(C)c2)CCCC1. The zero-order chi connectivity index (χ0) is 13.7. The lowest BCUT2D eigenvalue weighted by Gasteiger charge is -2.28. The van der Waals surface area contributed by atoms with Gasteiger partial charge < -0.3 is 10.6 Å². The van der Waals surface area contributed by atoms with Crippen LogP contribution in [0.3, 0.4) is 0 Å². The number of rotatable bonds is 5. The summed E-state index contributed by atoms with van der Waals surface area (Å²) in [6.07, 6.45) is 4.24. The summed E-state index contributed by atoms with van der Waals surface area (Å²) in [5.41, 5.74) is 2.12. The molecule has 0 aromatic heterocycles. The van der Waals surface area contributed by atoms with E-state index in [1.807, 2.05) is 7.05 Å². The van der Waals surface area contributed by atoms with Crippen LogP contribution in [0.2, 0.25) is 0 Å². The van der Waals surface area contributed by atoms with Gasteiger partial charge in [0.2, 0.25) is 5.91 Å². The second-order valence-electron chi connectivity index (χ2n) is 5.52. The first kappa shape index (κ1) is 14.1. The van der Waals surface area contributed by atoms with Gasteiger partial charge in [0, 0.05) is 13.1 Å². The Hall–Kier alpha value is -1.35. The fourth-order valence-electron chi connectivity index (χ4n) is 3.04. The molecule has 3 heteroatoms. The van der Waals surface area contributed by atoms with Crippen molar-refractivity contribution in [3.8, 4) is 0 Å². The van der Waals surface area contributed by atoms with Crippen molar-refractivity contribution in [1.29, 1.82) is 0 Å². The molecule has 19 heavy (non-hydrogen) atoms. The molecule has 0 saturated heterocycles. The molecule has 0 unspecified atom stereocenters. The average Bonchev–Trinajstić information content (AvgIpc) is 2.89. The summed E-state index contributed by atoms with van der Waals surface area (Å²) in [4.78, 5) is 12.6. The predicted octanol–water partition coefficient (Wildman–Crippen LogP) is 2.14. The molecule has 1 saturated carbocycles. The van der Waals surface area contributed by atoms with Gasteiger partial charge >= 0.3 is 0 Å². The van der Waals surface area contributed by atoms with E-state index in [2.05, 4.69) is 41.8 Å². The van der Waals surface area contributed by atoms with E-state index in [1.165, 1.54) is 11.1 Å². The number of carbonyl (C=O) groups excluding carboxylic acids is 1. The van der Waals surface area contributed by atoms with Crippen LogP contribution >= 0.6 is 0 Å². The third kappa shape index (κ3) is 2.98. The maximum atomic E-state index is 12.6. The molecule has 2 N–H and O–H groups in total. The maximum Gasteiger partial charge on any atom is 0.230 e.